The molecular weight excluding hydrogens is 402 g/mol. The van der Waals surface area contributed by atoms with E-state index in [0.717, 1.165) is 4.57 Å². The van der Waals surface area contributed by atoms with Gasteiger partial charge in [-0.1, -0.05) is 12.6 Å². The van der Waals surface area contributed by atoms with Crippen molar-refractivity contribution in [3.8, 4) is 11.5 Å². The largest absolute Gasteiger partial charge is 0.504 e. The number of phenolic OH excluding ortho intramolecular Hbond substituents is 1. The van der Waals surface area contributed by atoms with E-state index in [1.807, 2.05) is 0 Å². The van der Waals surface area contributed by atoms with Crippen molar-refractivity contribution in [3.05, 3.63) is 69.7 Å². The molecule has 10 nitrogen and oxygen atoms in total. The Bertz CT molecular complexity index is 1310. The summed E-state index contributed by atoms with van der Waals surface area (Å²) < 4.78 is 8.99. The fourth-order valence-electron chi connectivity index (χ4n) is 3.07. The number of hydrogen-bond donors (Lipinski definition) is 2. The van der Waals surface area contributed by atoms with Crippen LogP contribution in [0.3, 0.4) is 0 Å². The highest BCUT2D eigenvalue weighted by Gasteiger charge is 2.14. The van der Waals surface area contributed by atoms with E-state index < -0.39 is 11.2 Å². The molecule has 0 atom stereocenters. The molecule has 162 valence electrons. The molecule has 0 fully saturated rings. The SMILES string of the molecule is C=C(C=CC(=O)NCCn1cnc2c1c(=O)n(C)c(=O)n2C)c1ccc(O)c(OC)c1. The van der Waals surface area contributed by atoms with Crippen molar-refractivity contribution in [1.82, 2.24) is 24.0 Å². The van der Waals surface area contributed by atoms with Crippen LogP contribution in [-0.4, -0.2) is 43.4 Å². The standard InChI is InChI=1S/C21H23N5O5/c1-13(14-6-7-15(27)16(11-14)31-4)5-8-17(28)22-9-10-26-12-23-19-18(26)20(29)25(3)21(30)24(19)2/h5-8,11-12,27H,1,9-10H2,2-4H3,(H,22,28). The average Bonchev–Trinajstić information content (AvgIpc) is 3.19. The molecule has 0 aliphatic carbocycles. The van der Waals surface area contributed by atoms with E-state index >= 15 is 0 Å². The predicted octanol–water partition coefficient (Wildman–Crippen LogP) is 0.534. The minimum absolute atomic E-state index is 0.0164. The summed E-state index contributed by atoms with van der Waals surface area (Å²) in [6, 6.07) is 4.78. The molecule has 1 amide bonds. The molecule has 10 heteroatoms. The first-order valence-corrected chi connectivity index (χ1v) is 9.37. The van der Waals surface area contributed by atoms with Crippen LogP contribution in [0.5, 0.6) is 11.5 Å². The maximum atomic E-state index is 12.4. The quantitative estimate of drug-likeness (QED) is 0.421. The third kappa shape index (κ3) is 4.27. The van der Waals surface area contributed by atoms with Crippen molar-refractivity contribution in [2.45, 2.75) is 6.54 Å². The molecule has 3 rings (SSSR count). The van der Waals surface area contributed by atoms with Crippen LogP contribution in [0, 0.1) is 0 Å². The minimum Gasteiger partial charge on any atom is -0.504 e. The first kappa shape index (κ1) is 21.6. The Morgan fingerprint density at radius 3 is 2.71 bits per heavy atom. The van der Waals surface area contributed by atoms with E-state index in [9.17, 15) is 19.5 Å². The number of amides is 1. The van der Waals surface area contributed by atoms with Crippen molar-refractivity contribution in [2.24, 2.45) is 14.1 Å². The van der Waals surface area contributed by atoms with Crippen molar-refractivity contribution >= 4 is 22.6 Å². The predicted molar refractivity (Wildman–Crippen MR) is 116 cm³/mol. The number of aromatic hydroxyl groups is 1. The lowest BCUT2D eigenvalue weighted by molar-refractivity contribution is -0.116. The van der Waals surface area contributed by atoms with Gasteiger partial charge in [0.1, 0.15) is 0 Å². The second-order valence-corrected chi connectivity index (χ2v) is 6.85. The number of benzene rings is 1. The number of nitrogens with zero attached hydrogens (tertiary/aromatic N) is 4. The molecule has 2 heterocycles. The van der Waals surface area contributed by atoms with Crippen molar-refractivity contribution in [1.29, 1.82) is 0 Å². The molecule has 31 heavy (non-hydrogen) atoms. The summed E-state index contributed by atoms with van der Waals surface area (Å²) in [5.74, 6) is -0.00739. The van der Waals surface area contributed by atoms with Crippen LogP contribution in [0.15, 0.2) is 52.8 Å². The molecule has 0 spiro atoms. The number of fused-ring (bicyclic) bond motifs is 1. The molecule has 0 aliphatic heterocycles. The normalized spacial score (nSPS) is 11.2. The van der Waals surface area contributed by atoms with Gasteiger partial charge in [-0.3, -0.25) is 18.7 Å². The zero-order valence-corrected chi connectivity index (χ0v) is 17.5. The van der Waals surface area contributed by atoms with E-state index in [1.54, 1.807) is 29.8 Å². The number of ether oxygens (including phenoxy) is 1. The number of aryl methyl sites for hydroxylation is 1. The van der Waals surface area contributed by atoms with Gasteiger partial charge in [0.25, 0.3) is 5.56 Å². The highest BCUT2D eigenvalue weighted by molar-refractivity contribution is 5.90. The van der Waals surface area contributed by atoms with Gasteiger partial charge in [0.15, 0.2) is 22.7 Å². The Balaban J connectivity index is 1.64. The van der Waals surface area contributed by atoms with E-state index in [1.165, 1.54) is 37.2 Å². The molecule has 1 aromatic carbocycles. The number of hydrogen-bond acceptors (Lipinski definition) is 6. The first-order valence-electron chi connectivity index (χ1n) is 9.37. The number of carbonyl (C=O) groups is 1. The molecule has 3 aromatic rings. The highest BCUT2D eigenvalue weighted by atomic mass is 16.5. The molecule has 0 saturated carbocycles. The summed E-state index contributed by atoms with van der Waals surface area (Å²) in [7, 11) is 4.40. The summed E-state index contributed by atoms with van der Waals surface area (Å²) >= 11 is 0. The van der Waals surface area contributed by atoms with Crippen molar-refractivity contribution in [3.63, 3.8) is 0 Å². The lowest BCUT2D eigenvalue weighted by Gasteiger charge is -2.08. The van der Waals surface area contributed by atoms with Crippen LogP contribution in [0.1, 0.15) is 5.56 Å². The van der Waals surface area contributed by atoms with Gasteiger partial charge in [0, 0.05) is 33.3 Å². The maximum Gasteiger partial charge on any atom is 0.332 e. The molecule has 0 aliphatic rings. The van der Waals surface area contributed by atoms with E-state index in [4.69, 9.17) is 4.74 Å². The highest BCUT2D eigenvalue weighted by Crippen LogP contribution is 2.29. The lowest BCUT2D eigenvalue weighted by Crippen LogP contribution is -2.37. The zero-order chi connectivity index (χ0) is 22.7. The Hall–Kier alpha value is -4.08. The number of imidazole rings is 1. The number of methoxy groups -OCH3 is 1. The van der Waals surface area contributed by atoms with Gasteiger partial charge in [-0.05, 0) is 29.3 Å². The third-order valence-electron chi connectivity index (χ3n) is 4.86. The van der Waals surface area contributed by atoms with Crippen molar-refractivity contribution in [2.75, 3.05) is 13.7 Å². The summed E-state index contributed by atoms with van der Waals surface area (Å²) in [5, 5.41) is 12.4. The summed E-state index contributed by atoms with van der Waals surface area (Å²) in [6.07, 6.45) is 4.36. The summed E-state index contributed by atoms with van der Waals surface area (Å²) in [6.45, 7) is 4.46. The number of aromatic nitrogens is 4. The van der Waals surface area contributed by atoms with E-state index in [2.05, 4.69) is 16.9 Å². The Morgan fingerprint density at radius 2 is 2.00 bits per heavy atom. The molecule has 0 saturated heterocycles. The summed E-state index contributed by atoms with van der Waals surface area (Å²) in [4.78, 5) is 40.7. The van der Waals surface area contributed by atoms with Crippen LogP contribution in [0.4, 0.5) is 0 Å². The Morgan fingerprint density at radius 1 is 1.26 bits per heavy atom. The number of phenols is 1. The average molecular weight is 425 g/mol. The Labute approximate surface area is 177 Å². The fraction of sp³-hybridized carbons (Fsp3) is 0.238. The molecule has 0 bridgehead atoms. The number of nitrogens with one attached hydrogen (secondary N) is 1. The van der Waals surface area contributed by atoms with Crippen LogP contribution < -0.4 is 21.3 Å². The van der Waals surface area contributed by atoms with Crippen LogP contribution in [0.25, 0.3) is 16.7 Å². The van der Waals surface area contributed by atoms with Crippen molar-refractivity contribution < 1.29 is 14.6 Å². The fourth-order valence-corrected chi connectivity index (χ4v) is 3.07. The number of carbonyl (C=O) groups excluding carboxylic acids is 1. The van der Waals surface area contributed by atoms with Crippen LogP contribution in [-0.2, 0) is 25.4 Å². The topological polar surface area (TPSA) is 120 Å². The number of allylic oxidation sites excluding steroid dienone is 2. The molecule has 0 radical (unpaired) electrons. The minimum atomic E-state index is -0.451. The Kier molecular flexibility index (Phi) is 6.10. The molecule has 2 aromatic heterocycles. The van der Waals surface area contributed by atoms with Gasteiger partial charge >= 0.3 is 5.69 Å². The lowest BCUT2D eigenvalue weighted by atomic mass is 10.1. The van der Waals surface area contributed by atoms with Gasteiger partial charge in [-0.25, -0.2) is 9.78 Å². The van der Waals surface area contributed by atoms with Crippen LogP contribution in [0.2, 0.25) is 0 Å². The second-order valence-electron chi connectivity index (χ2n) is 6.85. The van der Waals surface area contributed by atoms with Gasteiger partial charge in [0.05, 0.1) is 13.4 Å². The molecular formula is C21H23N5O5. The van der Waals surface area contributed by atoms with Crippen LogP contribution >= 0.6 is 0 Å². The molecule has 2 N–H and O–H groups in total. The number of rotatable bonds is 7. The van der Waals surface area contributed by atoms with E-state index in [0.29, 0.717) is 34.6 Å². The van der Waals surface area contributed by atoms with Gasteiger partial charge in [-0.2, -0.15) is 0 Å². The zero-order valence-electron chi connectivity index (χ0n) is 17.5. The summed E-state index contributed by atoms with van der Waals surface area (Å²) in [5.41, 5.74) is 0.961. The monoisotopic (exact) mass is 425 g/mol. The van der Waals surface area contributed by atoms with Gasteiger partial charge in [-0.15, -0.1) is 0 Å². The third-order valence-corrected chi connectivity index (χ3v) is 4.86. The van der Waals surface area contributed by atoms with Gasteiger partial charge < -0.3 is 19.7 Å². The second kappa shape index (κ2) is 8.74. The molecule has 0 unspecified atom stereocenters. The first-order chi connectivity index (χ1) is 14.7. The maximum absolute atomic E-state index is 12.4. The van der Waals surface area contributed by atoms with Gasteiger partial charge in [0.2, 0.25) is 5.91 Å². The van der Waals surface area contributed by atoms with E-state index in [-0.39, 0.29) is 18.2 Å². The smallest absolute Gasteiger partial charge is 0.332 e.